The van der Waals surface area contributed by atoms with Gasteiger partial charge in [-0.05, 0) is 61.6 Å². The summed E-state index contributed by atoms with van der Waals surface area (Å²) in [6, 6.07) is 7.94. The number of hydrogen-bond donors (Lipinski definition) is 1. The van der Waals surface area contributed by atoms with Gasteiger partial charge in [0.2, 0.25) is 5.95 Å². The van der Waals surface area contributed by atoms with E-state index >= 15 is 0 Å². The first-order valence-corrected chi connectivity index (χ1v) is 13.2. The molecular formula is C27H30F3N7. The van der Waals surface area contributed by atoms with Gasteiger partial charge in [-0.15, -0.1) is 5.10 Å². The van der Waals surface area contributed by atoms with Gasteiger partial charge in [-0.2, -0.15) is 18.2 Å². The van der Waals surface area contributed by atoms with E-state index in [4.69, 9.17) is 10.1 Å². The van der Waals surface area contributed by atoms with Crippen molar-refractivity contribution in [2.75, 3.05) is 23.3 Å². The van der Waals surface area contributed by atoms with Crippen molar-refractivity contribution >= 4 is 11.8 Å². The van der Waals surface area contributed by atoms with Crippen LogP contribution in [0.4, 0.5) is 24.9 Å². The van der Waals surface area contributed by atoms with Crippen LogP contribution in [0.1, 0.15) is 60.7 Å². The van der Waals surface area contributed by atoms with Gasteiger partial charge in [-0.3, -0.25) is 0 Å². The van der Waals surface area contributed by atoms with Crippen molar-refractivity contribution in [1.29, 1.82) is 0 Å². The molecule has 1 N–H and O–H groups in total. The molecule has 4 heterocycles. The number of aromatic nitrogens is 5. The summed E-state index contributed by atoms with van der Waals surface area (Å²) in [6.45, 7) is 4.78. The summed E-state index contributed by atoms with van der Waals surface area (Å²) < 4.78 is 41.2. The Balaban J connectivity index is 1.11. The van der Waals surface area contributed by atoms with Crippen LogP contribution < -0.4 is 10.2 Å². The summed E-state index contributed by atoms with van der Waals surface area (Å²) in [5, 5.41) is 8.52. The molecule has 0 radical (unpaired) electrons. The highest BCUT2D eigenvalue weighted by atomic mass is 19.4. The second-order valence-electron chi connectivity index (χ2n) is 11.2. The van der Waals surface area contributed by atoms with Crippen LogP contribution in [-0.2, 0) is 12.7 Å². The van der Waals surface area contributed by atoms with Gasteiger partial charge in [-0.25, -0.2) is 14.6 Å². The molecule has 2 saturated carbocycles. The number of nitrogens with one attached hydrogen (secondary N) is 1. The lowest BCUT2D eigenvalue weighted by Gasteiger charge is -2.65. The lowest BCUT2D eigenvalue weighted by atomic mass is 9.41. The fourth-order valence-corrected chi connectivity index (χ4v) is 7.40. The molecule has 1 saturated heterocycles. The Morgan fingerprint density at radius 3 is 2.62 bits per heavy atom. The van der Waals surface area contributed by atoms with Gasteiger partial charge in [0.25, 0.3) is 0 Å². The van der Waals surface area contributed by atoms with E-state index in [0.717, 1.165) is 61.8 Å². The molecule has 1 aromatic carbocycles. The first kappa shape index (κ1) is 23.0. The third kappa shape index (κ3) is 3.62. The average Bonchev–Trinajstić information content (AvgIpc) is 3.39. The largest absolute Gasteiger partial charge is 0.416 e. The van der Waals surface area contributed by atoms with E-state index in [1.165, 1.54) is 25.0 Å². The Hall–Kier alpha value is -3.17. The molecule has 1 spiro atoms. The summed E-state index contributed by atoms with van der Waals surface area (Å²) in [6.07, 6.45) is 2.61. The van der Waals surface area contributed by atoms with Crippen molar-refractivity contribution in [2.45, 2.75) is 63.7 Å². The number of anilines is 2. The van der Waals surface area contributed by atoms with E-state index < -0.39 is 11.7 Å². The molecule has 4 aliphatic rings. The molecule has 10 heteroatoms. The zero-order valence-corrected chi connectivity index (χ0v) is 20.7. The third-order valence-corrected chi connectivity index (χ3v) is 9.34. The van der Waals surface area contributed by atoms with E-state index in [-0.39, 0.29) is 5.92 Å². The summed E-state index contributed by atoms with van der Waals surface area (Å²) in [7, 11) is 0. The average molecular weight is 510 g/mol. The third-order valence-electron chi connectivity index (χ3n) is 9.34. The van der Waals surface area contributed by atoms with E-state index in [1.54, 1.807) is 18.5 Å². The highest BCUT2D eigenvalue weighted by Crippen LogP contribution is 2.68. The van der Waals surface area contributed by atoms with Crippen molar-refractivity contribution in [1.82, 2.24) is 24.7 Å². The molecule has 7 nitrogen and oxygen atoms in total. The number of alkyl halides is 3. The predicted octanol–water partition coefficient (Wildman–Crippen LogP) is 5.04. The predicted molar refractivity (Wildman–Crippen MR) is 132 cm³/mol. The molecule has 5 atom stereocenters. The number of fused-ring (bicyclic) bond motifs is 1. The fourth-order valence-electron chi connectivity index (χ4n) is 7.40. The molecule has 2 aliphatic carbocycles. The summed E-state index contributed by atoms with van der Waals surface area (Å²) in [5.74, 6) is 3.58. The van der Waals surface area contributed by atoms with Crippen LogP contribution in [0.25, 0.3) is 0 Å². The van der Waals surface area contributed by atoms with Gasteiger partial charge < -0.3 is 10.2 Å². The Morgan fingerprint density at radius 1 is 1.05 bits per heavy atom. The topological polar surface area (TPSA) is 71.8 Å². The molecule has 0 bridgehead atoms. The second kappa shape index (κ2) is 8.16. The van der Waals surface area contributed by atoms with Gasteiger partial charge >= 0.3 is 6.18 Å². The molecule has 2 aromatic heterocycles. The molecule has 7 rings (SSSR count). The van der Waals surface area contributed by atoms with Crippen LogP contribution in [0.3, 0.4) is 0 Å². The fraction of sp³-hybridized carbons (Fsp3) is 0.556. The normalized spacial score (nSPS) is 30.4. The van der Waals surface area contributed by atoms with E-state index in [1.807, 2.05) is 11.6 Å². The summed E-state index contributed by atoms with van der Waals surface area (Å²) in [4.78, 5) is 16.1. The van der Waals surface area contributed by atoms with Crippen molar-refractivity contribution < 1.29 is 13.2 Å². The SMILES string of the molecule is Cc1cc(N2C[C@H]3[C@H](Nc4nc5n(n4)CCCC[C@@H]5c4ccc(C(F)(F)F)cc4)C4CCC43C2)ncn1. The van der Waals surface area contributed by atoms with Crippen LogP contribution in [0.5, 0.6) is 0 Å². The standard InChI is InChI=1S/C27H30F3N7/c1-16-12-22(32-15-31-16)36-13-21-23(20-9-10-26(20,21)14-36)33-25-34-24-19(4-2-3-11-37(24)35-25)17-5-7-18(8-6-17)27(28,29)30/h5-8,12,15,19-21,23H,2-4,9-11,13-14H2,1H3,(H,33,35)/t19-,20?,21+,23-,26?/m1/s1. The van der Waals surface area contributed by atoms with Gasteiger partial charge in [0.1, 0.15) is 18.0 Å². The lowest BCUT2D eigenvalue weighted by Crippen LogP contribution is -2.68. The highest BCUT2D eigenvalue weighted by molar-refractivity contribution is 5.46. The van der Waals surface area contributed by atoms with Crippen LogP contribution >= 0.6 is 0 Å². The van der Waals surface area contributed by atoms with Crippen LogP contribution in [0.15, 0.2) is 36.7 Å². The van der Waals surface area contributed by atoms with Crippen molar-refractivity contribution in [2.24, 2.45) is 17.3 Å². The molecule has 0 amide bonds. The van der Waals surface area contributed by atoms with Gasteiger partial charge in [0, 0.05) is 49.3 Å². The molecule has 3 aromatic rings. The van der Waals surface area contributed by atoms with Crippen LogP contribution in [0, 0.1) is 24.2 Å². The Kier molecular flexibility index (Phi) is 5.07. The maximum Gasteiger partial charge on any atom is 0.416 e. The van der Waals surface area contributed by atoms with Crippen molar-refractivity contribution in [3.63, 3.8) is 0 Å². The summed E-state index contributed by atoms with van der Waals surface area (Å²) >= 11 is 0. The Morgan fingerprint density at radius 2 is 1.89 bits per heavy atom. The Bertz CT molecular complexity index is 1320. The first-order chi connectivity index (χ1) is 17.8. The monoisotopic (exact) mass is 509 g/mol. The molecule has 2 unspecified atom stereocenters. The van der Waals surface area contributed by atoms with E-state index in [2.05, 4.69) is 26.3 Å². The quantitative estimate of drug-likeness (QED) is 0.532. The number of nitrogens with zero attached hydrogens (tertiary/aromatic N) is 6. The van der Waals surface area contributed by atoms with Crippen molar-refractivity contribution in [3.8, 4) is 0 Å². The minimum Gasteiger partial charge on any atom is -0.356 e. The van der Waals surface area contributed by atoms with Crippen LogP contribution in [-0.4, -0.2) is 43.9 Å². The molecule has 194 valence electrons. The van der Waals surface area contributed by atoms with Crippen molar-refractivity contribution in [3.05, 3.63) is 59.3 Å². The zero-order valence-electron chi connectivity index (χ0n) is 20.7. The van der Waals surface area contributed by atoms with E-state index in [9.17, 15) is 13.2 Å². The van der Waals surface area contributed by atoms with Gasteiger partial charge in [-0.1, -0.05) is 18.6 Å². The smallest absolute Gasteiger partial charge is 0.356 e. The minimum atomic E-state index is -4.33. The Labute approximate surface area is 213 Å². The number of aryl methyl sites for hydroxylation is 2. The van der Waals surface area contributed by atoms with Gasteiger partial charge in [0.15, 0.2) is 0 Å². The number of halogens is 3. The number of hydrogen-bond acceptors (Lipinski definition) is 6. The van der Waals surface area contributed by atoms with Crippen LogP contribution in [0.2, 0.25) is 0 Å². The second-order valence-corrected chi connectivity index (χ2v) is 11.2. The molecular weight excluding hydrogens is 479 g/mol. The highest BCUT2D eigenvalue weighted by Gasteiger charge is 2.70. The van der Waals surface area contributed by atoms with Gasteiger partial charge in [0.05, 0.1) is 5.56 Å². The molecule has 2 aliphatic heterocycles. The number of benzene rings is 1. The maximum absolute atomic E-state index is 13.1. The molecule has 37 heavy (non-hydrogen) atoms. The molecule has 3 fully saturated rings. The summed E-state index contributed by atoms with van der Waals surface area (Å²) in [5.41, 5.74) is 1.58. The van der Waals surface area contributed by atoms with E-state index in [0.29, 0.717) is 29.2 Å². The zero-order chi connectivity index (χ0) is 25.4. The first-order valence-electron chi connectivity index (χ1n) is 13.2. The lowest BCUT2D eigenvalue weighted by molar-refractivity contribution is -0.137. The maximum atomic E-state index is 13.1. The minimum absolute atomic E-state index is 0.0556. The number of rotatable bonds is 4.